The lowest BCUT2D eigenvalue weighted by atomic mass is 9.98. The molecule has 3 N–H and O–H groups in total. The van der Waals surface area contributed by atoms with Crippen LogP contribution in [0.4, 0.5) is 5.69 Å². The lowest BCUT2D eigenvalue weighted by Gasteiger charge is -2.22. The van der Waals surface area contributed by atoms with Gasteiger partial charge in [-0.2, -0.15) is 0 Å². The molecule has 2 aromatic rings. The van der Waals surface area contributed by atoms with Crippen LogP contribution < -0.4 is 15.8 Å². The smallest absolute Gasteiger partial charge is 0.322 e. The Hall–Kier alpha value is -2.47. The van der Waals surface area contributed by atoms with Gasteiger partial charge in [0.15, 0.2) is 0 Å². The van der Waals surface area contributed by atoms with Gasteiger partial charge in [0.1, 0.15) is 5.75 Å². The minimum absolute atomic E-state index is 0.120. The third kappa shape index (κ3) is 3.65. The molecule has 1 aliphatic rings. The first-order valence-electron chi connectivity index (χ1n) is 7.73. The summed E-state index contributed by atoms with van der Waals surface area (Å²) in [5.41, 5.74) is 6.95. The Morgan fingerprint density at radius 2 is 1.91 bits per heavy atom. The molecule has 6 nitrogen and oxygen atoms in total. The van der Waals surface area contributed by atoms with Gasteiger partial charge in [0.05, 0.1) is 5.54 Å². The average molecular weight is 312 g/mol. The molecule has 120 valence electrons. The zero-order valence-corrected chi connectivity index (χ0v) is 13.1. The van der Waals surface area contributed by atoms with Crippen LogP contribution in [0.2, 0.25) is 0 Å². The Labute approximate surface area is 135 Å². The number of aryl methyl sites for hydroxylation is 1. The van der Waals surface area contributed by atoms with Gasteiger partial charge in [0, 0.05) is 17.6 Å². The summed E-state index contributed by atoms with van der Waals surface area (Å²) in [6, 6.07) is 9.19. The number of carbonyl (C=O) groups excluding carboxylic acids is 1. The Kier molecular flexibility index (Phi) is 4.25. The molecule has 0 spiro atoms. The number of ether oxygens (including phenoxy) is 1. The first-order valence-corrected chi connectivity index (χ1v) is 7.73. The number of nitrogens with one attached hydrogen (secondary N) is 1. The Bertz CT molecular complexity index is 694. The van der Waals surface area contributed by atoms with Gasteiger partial charge < -0.3 is 15.8 Å². The minimum Gasteiger partial charge on any atom is -0.424 e. The third-order valence-electron chi connectivity index (χ3n) is 4.04. The molecule has 1 aromatic carbocycles. The number of rotatable bonds is 4. The van der Waals surface area contributed by atoms with Crippen LogP contribution in [-0.4, -0.2) is 21.4 Å². The standard InChI is InChI=1S/C17H20N4O2/c1-12-8-11-19-16(20-12)23-14-6-4-13(5-7-14)21-15(22)17(18)9-2-3-10-17/h4-8,11H,2-3,9-10,18H2,1H3,(H,21,22). The van der Waals surface area contributed by atoms with Gasteiger partial charge in [0.2, 0.25) is 5.91 Å². The predicted octanol–water partition coefficient (Wildman–Crippen LogP) is 2.79. The largest absolute Gasteiger partial charge is 0.424 e. The highest BCUT2D eigenvalue weighted by Crippen LogP contribution is 2.29. The molecular formula is C17H20N4O2. The Morgan fingerprint density at radius 1 is 1.22 bits per heavy atom. The lowest BCUT2D eigenvalue weighted by molar-refractivity contribution is -0.121. The monoisotopic (exact) mass is 312 g/mol. The van der Waals surface area contributed by atoms with Gasteiger partial charge in [-0.05, 0) is 50.1 Å². The van der Waals surface area contributed by atoms with E-state index in [1.54, 1.807) is 36.5 Å². The van der Waals surface area contributed by atoms with Crippen molar-refractivity contribution in [1.82, 2.24) is 9.97 Å². The van der Waals surface area contributed by atoms with E-state index in [-0.39, 0.29) is 5.91 Å². The predicted molar refractivity (Wildman–Crippen MR) is 87.3 cm³/mol. The van der Waals surface area contributed by atoms with E-state index in [1.807, 2.05) is 6.92 Å². The lowest BCUT2D eigenvalue weighted by Crippen LogP contribution is -2.48. The van der Waals surface area contributed by atoms with E-state index in [9.17, 15) is 4.79 Å². The number of anilines is 1. The molecule has 1 amide bonds. The summed E-state index contributed by atoms with van der Waals surface area (Å²) in [5, 5.41) is 2.87. The summed E-state index contributed by atoms with van der Waals surface area (Å²) in [6.45, 7) is 1.87. The fourth-order valence-corrected chi connectivity index (χ4v) is 2.68. The minimum atomic E-state index is -0.732. The van der Waals surface area contributed by atoms with Crippen LogP contribution >= 0.6 is 0 Å². The van der Waals surface area contributed by atoms with E-state index in [1.165, 1.54) is 0 Å². The summed E-state index contributed by atoms with van der Waals surface area (Å²) in [5.74, 6) is 0.489. The molecule has 1 aliphatic carbocycles. The van der Waals surface area contributed by atoms with Crippen LogP contribution in [0.1, 0.15) is 31.4 Å². The summed E-state index contributed by atoms with van der Waals surface area (Å²) in [7, 11) is 0. The van der Waals surface area contributed by atoms with Gasteiger partial charge in [0.25, 0.3) is 0 Å². The van der Waals surface area contributed by atoms with E-state index in [0.29, 0.717) is 17.4 Å². The second-order valence-corrected chi connectivity index (χ2v) is 5.92. The molecule has 1 aromatic heterocycles. The fraction of sp³-hybridized carbons (Fsp3) is 0.353. The van der Waals surface area contributed by atoms with Gasteiger partial charge in [-0.3, -0.25) is 4.79 Å². The van der Waals surface area contributed by atoms with E-state index < -0.39 is 5.54 Å². The molecule has 0 radical (unpaired) electrons. The highest BCUT2D eigenvalue weighted by atomic mass is 16.5. The first kappa shape index (κ1) is 15.4. The third-order valence-corrected chi connectivity index (χ3v) is 4.04. The molecule has 1 heterocycles. The molecule has 0 unspecified atom stereocenters. The van der Waals surface area contributed by atoms with Gasteiger partial charge in [-0.25, -0.2) is 9.97 Å². The quantitative estimate of drug-likeness (QED) is 0.906. The van der Waals surface area contributed by atoms with Crippen LogP contribution in [0.5, 0.6) is 11.8 Å². The van der Waals surface area contributed by atoms with Crippen molar-refractivity contribution >= 4 is 11.6 Å². The van der Waals surface area contributed by atoms with Crippen molar-refractivity contribution in [2.75, 3.05) is 5.32 Å². The molecular weight excluding hydrogens is 292 g/mol. The number of hydrogen-bond acceptors (Lipinski definition) is 5. The zero-order chi connectivity index (χ0) is 16.3. The van der Waals surface area contributed by atoms with Crippen molar-refractivity contribution < 1.29 is 9.53 Å². The normalized spacial score (nSPS) is 16.1. The number of hydrogen-bond donors (Lipinski definition) is 2. The molecule has 0 bridgehead atoms. The highest BCUT2D eigenvalue weighted by Gasteiger charge is 2.36. The highest BCUT2D eigenvalue weighted by molar-refractivity contribution is 5.98. The Morgan fingerprint density at radius 3 is 2.57 bits per heavy atom. The first-order chi connectivity index (χ1) is 11.0. The van der Waals surface area contributed by atoms with Gasteiger partial charge in [-0.15, -0.1) is 0 Å². The van der Waals surface area contributed by atoms with Crippen LogP contribution in [0.15, 0.2) is 36.5 Å². The maximum Gasteiger partial charge on any atom is 0.322 e. The van der Waals surface area contributed by atoms with Crippen LogP contribution in [-0.2, 0) is 4.79 Å². The maximum atomic E-state index is 12.3. The summed E-state index contributed by atoms with van der Waals surface area (Å²) in [6.07, 6.45) is 5.14. The van der Waals surface area contributed by atoms with Crippen LogP contribution in [0, 0.1) is 6.92 Å². The molecule has 0 saturated heterocycles. The average Bonchev–Trinajstić information content (AvgIpc) is 2.97. The number of amides is 1. The Balaban J connectivity index is 1.64. The number of aromatic nitrogens is 2. The zero-order valence-electron chi connectivity index (χ0n) is 13.1. The summed E-state index contributed by atoms with van der Waals surface area (Å²) in [4.78, 5) is 20.5. The fourth-order valence-electron chi connectivity index (χ4n) is 2.68. The number of nitrogens with two attached hydrogens (primary N) is 1. The van der Waals surface area contributed by atoms with E-state index in [0.717, 1.165) is 31.4 Å². The molecule has 0 aliphatic heterocycles. The number of carbonyl (C=O) groups is 1. The second kappa shape index (κ2) is 6.34. The summed E-state index contributed by atoms with van der Waals surface area (Å²) >= 11 is 0. The van der Waals surface area contributed by atoms with E-state index >= 15 is 0 Å². The van der Waals surface area contributed by atoms with Crippen molar-refractivity contribution in [3.8, 4) is 11.8 Å². The van der Waals surface area contributed by atoms with Crippen molar-refractivity contribution in [2.45, 2.75) is 38.1 Å². The topological polar surface area (TPSA) is 90.1 Å². The van der Waals surface area contributed by atoms with Crippen molar-refractivity contribution in [2.24, 2.45) is 5.73 Å². The maximum absolute atomic E-state index is 12.3. The number of nitrogens with zero attached hydrogens (tertiary/aromatic N) is 2. The second-order valence-electron chi connectivity index (χ2n) is 5.92. The number of benzene rings is 1. The van der Waals surface area contributed by atoms with Crippen LogP contribution in [0.25, 0.3) is 0 Å². The molecule has 23 heavy (non-hydrogen) atoms. The SMILES string of the molecule is Cc1ccnc(Oc2ccc(NC(=O)C3(N)CCCC3)cc2)n1. The van der Waals surface area contributed by atoms with E-state index in [2.05, 4.69) is 15.3 Å². The molecule has 1 saturated carbocycles. The van der Waals surface area contributed by atoms with Crippen LogP contribution in [0.3, 0.4) is 0 Å². The van der Waals surface area contributed by atoms with Crippen molar-refractivity contribution in [1.29, 1.82) is 0 Å². The van der Waals surface area contributed by atoms with Crippen molar-refractivity contribution in [3.63, 3.8) is 0 Å². The van der Waals surface area contributed by atoms with Gasteiger partial charge in [-0.1, -0.05) is 12.8 Å². The molecule has 0 atom stereocenters. The van der Waals surface area contributed by atoms with Gasteiger partial charge >= 0.3 is 6.01 Å². The summed E-state index contributed by atoms with van der Waals surface area (Å²) < 4.78 is 5.58. The van der Waals surface area contributed by atoms with E-state index in [4.69, 9.17) is 10.5 Å². The van der Waals surface area contributed by atoms with Crippen molar-refractivity contribution in [3.05, 3.63) is 42.2 Å². The molecule has 3 rings (SSSR count). The molecule has 6 heteroatoms. The molecule has 1 fully saturated rings.